The topological polar surface area (TPSA) is 89.0 Å². The molecule has 0 spiro atoms. The van der Waals surface area contributed by atoms with Crippen LogP contribution in [0.15, 0.2) is 73.1 Å². The fourth-order valence-electron chi connectivity index (χ4n) is 3.99. The van der Waals surface area contributed by atoms with E-state index in [0.717, 1.165) is 17.8 Å². The summed E-state index contributed by atoms with van der Waals surface area (Å²) in [6.07, 6.45) is -1.08. The molecule has 0 unspecified atom stereocenters. The molecule has 1 aliphatic heterocycles. The second-order valence-corrected chi connectivity index (χ2v) is 8.23. The van der Waals surface area contributed by atoms with Crippen molar-refractivity contribution in [1.29, 1.82) is 0 Å². The van der Waals surface area contributed by atoms with Gasteiger partial charge in [0.15, 0.2) is 0 Å². The first-order valence-corrected chi connectivity index (χ1v) is 11.2. The SMILES string of the molecule is O=C(NO)c1ccc(CN(C(=O)N2CCN(c3ccncc3)CC2)c2ccc(C(F)(F)F)cc2)cc1. The van der Waals surface area contributed by atoms with E-state index >= 15 is 0 Å². The number of amides is 3. The average molecular weight is 499 g/mol. The molecular formula is C25H24F3N5O3. The summed E-state index contributed by atoms with van der Waals surface area (Å²) in [6.45, 7) is 2.15. The van der Waals surface area contributed by atoms with Crippen LogP contribution in [-0.4, -0.2) is 53.2 Å². The summed E-state index contributed by atoms with van der Waals surface area (Å²) in [6, 6.07) is 14.1. The van der Waals surface area contributed by atoms with Gasteiger partial charge in [0.25, 0.3) is 5.91 Å². The van der Waals surface area contributed by atoms with Crippen LogP contribution in [0.25, 0.3) is 0 Å². The molecule has 1 aliphatic rings. The zero-order valence-corrected chi connectivity index (χ0v) is 19.2. The van der Waals surface area contributed by atoms with E-state index in [1.807, 2.05) is 12.1 Å². The number of nitrogens with one attached hydrogen (secondary N) is 1. The van der Waals surface area contributed by atoms with Crippen LogP contribution in [-0.2, 0) is 12.7 Å². The Labute approximate surface area is 205 Å². The van der Waals surface area contributed by atoms with Gasteiger partial charge in [0.05, 0.1) is 12.1 Å². The third-order valence-corrected chi connectivity index (χ3v) is 5.97. The molecule has 188 valence electrons. The number of urea groups is 1. The molecule has 2 heterocycles. The maximum atomic E-state index is 13.6. The Morgan fingerprint density at radius 2 is 1.53 bits per heavy atom. The number of carbonyl (C=O) groups is 2. The smallest absolute Gasteiger partial charge is 0.368 e. The van der Waals surface area contributed by atoms with E-state index in [1.165, 1.54) is 29.2 Å². The molecule has 11 heteroatoms. The molecule has 0 radical (unpaired) electrons. The quantitative estimate of drug-likeness (QED) is 0.407. The van der Waals surface area contributed by atoms with Gasteiger partial charge < -0.3 is 9.80 Å². The van der Waals surface area contributed by atoms with Gasteiger partial charge in [-0.15, -0.1) is 0 Å². The van der Waals surface area contributed by atoms with Gasteiger partial charge in [-0.3, -0.25) is 19.9 Å². The highest BCUT2D eigenvalue weighted by Gasteiger charge is 2.31. The van der Waals surface area contributed by atoms with Crippen LogP contribution >= 0.6 is 0 Å². The number of halogens is 3. The van der Waals surface area contributed by atoms with Crippen molar-refractivity contribution in [2.75, 3.05) is 36.0 Å². The summed E-state index contributed by atoms with van der Waals surface area (Å²) < 4.78 is 39.2. The number of hydrogen-bond donors (Lipinski definition) is 2. The third-order valence-electron chi connectivity index (χ3n) is 5.97. The Bertz CT molecular complexity index is 1180. The number of piperazine rings is 1. The predicted octanol–water partition coefficient (Wildman–Crippen LogP) is 4.17. The van der Waals surface area contributed by atoms with Crippen molar-refractivity contribution in [3.05, 3.63) is 89.7 Å². The van der Waals surface area contributed by atoms with Crippen LogP contribution in [0.3, 0.4) is 0 Å². The minimum absolute atomic E-state index is 0.0792. The molecule has 1 saturated heterocycles. The monoisotopic (exact) mass is 499 g/mol. The molecule has 8 nitrogen and oxygen atoms in total. The van der Waals surface area contributed by atoms with E-state index in [-0.39, 0.29) is 18.1 Å². The van der Waals surface area contributed by atoms with Crippen LogP contribution in [0.5, 0.6) is 0 Å². The van der Waals surface area contributed by atoms with Crippen LogP contribution in [0.1, 0.15) is 21.5 Å². The van der Waals surface area contributed by atoms with Crippen molar-refractivity contribution in [1.82, 2.24) is 15.4 Å². The Kier molecular flexibility index (Phi) is 7.39. The molecular weight excluding hydrogens is 475 g/mol. The van der Waals surface area contributed by atoms with Gasteiger partial charge in [0.2, 0.25) is 0 Å². The van der Waals surface area contributed by atoms with Gasteiger partial charge in [-0.05, 0) is 54.1 Å². The minimum Gasteiger partial charge on any atom is -0.368 e. The average Bonchev–Trinajstić information content (AvgIpc) is 2.91. The second-order valence-electron chi connectivity index (χ2n) is 8.23. The number of alkyl halides is 3. The zero-order chi connectivity index (χ0) is 25.7. The number of nitrogens with zero attached hydrogens (tertiary/aromatic N) is 4. The number of aromatic nitrogens is 1. The second kappa shape index (κ2) is 10.6. The molecule has 3 amide bonds. The fraction of sp³-hybridized carbons (Fsp3) is 0.240. The molecule has 2 aromatic carbocycles. The summed E-state index contributed by atoms with van der Waals surface area (Å²) in [4.78, 5) is 34.4. The molecule has 1 aromatic heterocycles. The molecule has 0 saturated carbocycles. The van der Waals surface area contributed by atoms with Gasteiger partial charge in [-0.2, -0.15) is 13.2 Å². The Hall–Kier alpha value is -4.12. The van der Waals surface area contributed by atoms with Crippen LogP contribution in [0.2, 0.25) is 0 Å². The van der Waals surface area contributed by atoms with Crippen molar-refractivity contribution < 1.29 is 28.0 Å². The summed E-state index contributed by atoms with van der Waals surface area (Å²) in [5, 5.41) is 8.80. The number of pyridine rings is 1. The summed E-state index contributed by atoms with van der Waals surface area (Å²) >= 11 is 0. The first-order valence-electron chi connectivity index (χ1n) is 11.2. The normalized spacial score (nSPS) is 13.9. The van der Waals surface area contributed by atoms with E-state index in [0.29, 0.717) is 37.4 Å². The van der Waals surface area contributed by atoms with E-state index in [2.05, 4.69) is 9.88 Å². The summed E-state index contributed by atoms with van der Waals surface area (Å²) in [5.74, 6) is -0.677. The Morgan fingerprint density at radius 1 is 0.917 bits per heavy atom. The number of hydrogen-bond acceptors (Lipinski definition) is 5. The minimum atomic E-state index is -4.49. The Balaban J connectivity index is 1.54. The van der Waals surface area contributed by atoms with Crippen molar-refractivity contribution in [2.24, 2.45) is 0 Å². The molecule has 3 aromatic rings. The van der Waals surface area contributed by atoms with Crippen LogP contribution in [0, 0.1) is 0 Å². The number of carbonyl (C=O) groups excluding carboxylic acids is 2. The van der Waals surface area contributed by atoms with E-state index in [1.54, 1.807) is 34.9 Å². The van der Waals surface area contributed by atoms with E-state index in [9.17, 15) is 22.8 Å². The van der Waals surface area contributed by atoms with Gasteiger partial charge in [0, 0.05) is 55.5 Å². The van der Waals surface area contributed by atoms with Crippen molar-refractivity contribution >= 4 is 23.3 Å². The highest BCUT2D eigenvalue weighted by Crippen LogP contribution is 2.31. The fourth-order valence-corrected chi connectivity index (χ4v) is 3.99. The lowest BCUT2D eigenvalue weighted by Crippen LogP contribution is -2.53. The maximum Gasteiger partial charge on any atom is 0.416 e. The lowest BCUT2D eigenvalue weighted by atomic mass is 10.1. The number of anilines is 2. The van der Waals surface area contributed by atoms with Crippen molar-refractivity contribution in [3.63, 3.8) is 0 Å². The molecule has 0 aliphatic carbocycles. The maximum absolute atomic E-state index is 13.6. The van der Waals surface area contributed by atoms with Crippen molar-refractivity contribution in [3.8, 4) is 0 Å². The molecule has 2 N–H and O–H groups in total. The van der Waals surface area contributed by atoms with Crippen molar-refractivity contribution in [2.45, 2.75) is 12.7 Å². The van der Waals surface area contributed by atoms with E-state index in [4.69, 9.17) is 5.21 Å². The van der Waals surface area contributed by atoms with Gasteiger partial charge in [0.1, 0.15) is 0 Å². The highest BCUT2D eigenvalue weighted by atomic mass is 19.4. The number of hydroxylamine groups is 1. The highest BCUT2D eigenvalue weighted by molar-refractivity contribution is 5.94. The zero-order valence-electron chi connectivity index (χ0n) is 19.2. The predicted molar refractivity (Wildman–Crippen MR) is 127 cm³/mol. The molecule has 0 bridgehead atoms. The largest absolute Gasteiger partial charge is 0.416 e. The summed E-state index contributed by atoms with van der Waals surface area (Å²) in [7, 11) is 0. The van der Waals surface area contributed by atoms with Gasteiger partial charge >= 0.3 is 12.2 Å². The Morgan fingerprint density at radius 3 is 2.08 bits per heavy atom. The van der Waals surface area contributed by atoms with Gasteiger partial charge in [-0.25, -0.2) is 10.3 Å². The number of rotatable bonds is 5. The standard InChI is InChI=1S/C25H24F3N5O3/c26-25(27,28)20-5-7-22(8-6-20)33(17-18-1-3-19(4-2-18)23(34)30-36)24(35)32-15-13-31(14-16-32)21-9-11-29-12-10-21/h1-12,36H,13-17H2,(H,30,34). The summed E-state index contributed by atoms with van der Waals surface area (Å²) in [5.41, 5.74) is 2.96. The lowest BCUT2D eigenvalue weighted by Gasteiger charge is -2.38. The molecule has 4 rings (SSSR count). The van der Waals surface area contributed by atoms with Gasteiger partial charge in [-0.1, -0.05) is 12.1 Å². The molecule has 1 fully saturated rings. The first-order chi connectivity index (χ1) is 17.3. The van der Waals surface area contributed by atoms with Crippen LogP contribution in [0.4, 0.5) is 29.3 Å². The number of benzene rings is 2. The van der Waals surface area contributed by atoms with E-state index < -0.39 is 17.6 Å². The molecule has 36 heavy (non-hydrogen) atoms. The first kappa shape index (κ1) is 25.0. The lowest BCUT2D eigenvalue weighted by molar-refractivity contribution is -0.137. The molecule has 0 atom stereocenters. The third kappa shape index (κ3) is 5.74. The van der Waals surface area contributed by atoms with Crippen LogP contribution < -0.4 is 15.3 Å².